The first-order valence-electron chi connectivity index (χ1n) is 3.65. The Balaban J connectivity index is 2.34. The number of carbonyl (C=O) groups excluding carboxylic acids is 1. The number of nitrogens with zero attached hydrogens (tertiary/aromatic N) is 1. The van der Waals surface area contributed by atoms with Crippen molar-refractivity contribution in [2.45, 2.75) is 18.9 Å². The SMILES string of the molecule is NC1=C(C(=O)O)N2C(=O)CC2C1. The fourth-order valence-corrected chi connectivity index (χ4v) is 1.70. The zero-order valence-corrected chi connectivity index (χ0v) is 6.28. The molecule has 0 aliphatic carbocycles. The van der Waals surface area contributed by atoms with E-state index in [-0.39, 0.29) is 17.6 Å². The topological polar surface area (TPSA) is 83.6 Å². The smallest absolute Gasteiger partial charge is 0.354 e. The van der Waals surface area contributed by atoms with E-state index in [2.05, 4.69) is 0 Å². The zero-order chi connectivity index (χ0) is 8.88. The number of amides is 1. The quantitative estimate of drug-likeness (QED) is 0.504. The Labute approximate surface area is 68.4 Å². The minimum Gasteiger partial charge on any atom is -0.477 e. The van der Waals surface area contributed by atoms with Crippen molar-refractivity contribution in [2.24, 2.45) is 5.73 Å². The third kappa shape index (κ3) is 0.677. The second-order valence-electron chi connectivity index (χ2n) is 3.00. The normalized spacial score (nSPS) is 27.2. The number of rotatable bonds is 1. The fraction of sp³-hybridized carbons (Fsp3) is 0.429. The van der Waals surface area contributed by atoms with E-state index in [9.17, 15) is 9.59 Å². The molecule has 0 radical (unpaired) electrons. The van der Waals surface area contributed by atoms with Crippen LogP contribution in [0.25, 0.3) is 0 Å². The average Bonchev–Trinajstić information content (AvgIpc) is 2.22. The van der Waals surface area contributed by atoms with Crippen molar-refractivity contribution in [3.63, 3.8) is 0 Å². The van der Waals surface area contributed by atoms with Crippen LogP contribution in [0.15, 0.2) is 11.4 Å². The molecule has 0 aromatic rings. The van der Waals surface area contributed by atoms with Gasteiger partial charge in [-0.2, -0.15) is 0 Å². The lowest BCUT2D eigenvalue weighted by Gasteiger charge is -2.34. The summed E-state index contributed by atoms with van der Waals surface area (Å²) < 4.78 is 0. The molecule has 3 N–H and O–H groups in total. The first-order chi connectivity index (χ1) is 5.61. The summed E-state index contributed by atoms with van der Waals surface area (Å²) in [5, 5.41) is 8.69. The van der Waals surface area contributed by atoms with Gasteiger partial charge in [-0.25, -0.2) is 4.79 Å². The molecule has 0 bridgehead atoms. The summed E-state index contributed by atoms with van der Waals surface area (Å²) in [6.07, 6.45) is 0.935. The number of hydrogen-bond donors (Lipinski definition) is 2. The number of carboxylic acids is 1. The maximum absolute atomic E-state index is 10.9. The molecule has 2 heterocycles. The zero-order valence-electron chi connectivity index (χ0n) is 6.28. The van der Waals surface area contributed by atoms with Crippen molar-refractivity contribution in [3.8, 4) is 0 Å². The van der Waals surface area contributed by atoms with E-state index in [1.807, 2.05) is 0 Å². The molecule has 0 aromatic heterocycles. The summed E-state index contributed by atoms with van der Waals surface area (Å²) in [6, 6.07) is 0.0172. The van der Waals surface area contributed by atoms with Gasteiger partial charge in [0.15, 0.2) is 0 Å². The molecule has 1 saturated heterocycles. The van der Waals surface area contributed by atoms with Crippen molar-refractivity contribution < 1.29 is 14.7 Å². The van der Waals surface area contributed by atoms with Gasteiger partial charge in [-0.15, -0.1) is 0 Å². The molecule has 2 aliphatic rings. The molecule has 0 saturated carbocycles. The molecular formula is C7H8N2O3. The number of carboxylic acid groups (broad SMARTS) is 1. The van der Waals surface area contributed by atoms with Crippen molar-refractivity contribution in [2.75, 3.05) is 0 Å². The van der Waals surface area contributed by atoms with Crippen molar-refractivity contribution in [1.82, 2.24) is 4.90 Å². The Hall–Kier alpha value is -1.52. The minimum atomic E-state index is -1.11. The van der Waals surface area contributed by atoms with Gasteiger partial charge < -0.3 is 15.7 Å². The summed E-state index contributed by atoms with van der Waals surface area (Å²) in [7, 11) is 0. The van der Waals surface area contributed by atoms with Gasteiger partial charge in [0.25, 0.3) is 0 Å². The number of β-lactam (4-membered cyclic amide) rings is 1. The molecule has 5 nitrogen and oxygen atoms in total. The summed E-state index contributed by atoms with van der Waals surface area (Å²) >= 11 is 0. The van der Waals surface area contributed by atoms with Gasteiger partial charge in [0, 0.05) is 18.5 Å². The molecule has 64 valence electrons. The number of fused-ring (bicyclic) bond motifs is 1. The van der Waals surface area contributed by atoms with Gasteiger partial charge in [0.1, 0.15) is 5.70 Å². The minimum absolute atomic E-state index is 0.0172. The third-order valence-electron chi connectivity index (χ3n) is 2.25. The highest BCUT2D eigenvalue weighted by molar-refractivity contribution is 5.98. The van der Waals surface area contributed by atoms with E-state index >= 15 is 0 Å². The Bertz CT molecular complexity index is 308. The van der Waals surface area contributed by atoms with Gasteiger partial charge in [-0.05, 0) is 0 Å². The van der Waals surface area contributed by atoms with Gasteiger partial charge in [0.2, 0.25) is 5.91 Å². The highest BCUT2D eigenvalue weighted by atomic mass is 16.4. The summed E-state index contributed by atoms with van der Waals surface area (Å²) in [4.78, 5) is 22.8. The highest BCUT2D eigenvalue weighted by Crippen LogP contribution is 2.35. The van der Waals surface area contributed by atoms with E-state index in [1.165, 1.54) is 4.90 Å². The first kappa shape index (κ1) is 7.15. The van der Waals surface area contributed by atoms with Crippen LogP contribution in [0, 0.1) is 0 Å². The lowest BCUT2D eigenvalue weighted by Crippen LogP contribution is -2.49. The Kier molecular flexibility index (Phi) is 1.19. The molecule has 1 atom stereocenters. The van der Waals surface area contributed by atoms with Crippen molar-refractivity contribution >= 4 is 11.9 Å². The summed E-state index contributed by atoms with van der Waals surface area (Å²) in [5.74, 6) is -1.25. The summed E-state index contributed by atoms with van der Waals surface area (Å²) in [6.45, 7) is 0. The second kappa shape index (κ2) is 2.00. The van der Waals surface area contributed by atoms with Crippen LogP contribution >= 0.6 is 0 Å². The molecule has 1 amide bonds. The predicted octanol–water partition coefficient (Wildman–Crippen LogP) is -0.754. The van der Waals surface area contributed by atoms with Crippen molar-refractivity contribution in [1.29, 1.82) is 0 Å². The Morgan fingerprint density at radius 2 is 2.25 bits per heavy atom. The van der Waals surface area contributed by atoms with Crippen LogP contribution in [-0.2, 0) is 9.59 Å². The number of aliphatic carboxylic acids is 1. The van der Waals surface area contributed by atoms with Crippen LogP contribution in [0.5, 0.6) is 0 Å². The lowest BCUT2D eigenvalue weighted by atomic mass is 10.0. The third-order valence-corrected chi connectivity index (χ3v) is 2.25. The number of carbonyl (C=O) groups is 2. The van der Waals surface area contributed by atoms with Gasteiger partial charge in [-0.3, -0.25) is 4.79 Å². The fourth-order valence-electron chi connectivity index (χ4n) is 1.70. The second-order valence-corrected chi connectivity index (χ2v) is 3.00. The van der Waals surface area contributed by atoms with E-state index in [1.54, 1.807) is 0 Å². The highest BCUT2D eigenvalue weighted by Gasteiger charge is 2.46. The molecule has 2 aliphatic heterocycles. The van der Waals surface area contributed by atoms with Gasteiger partial charge in [0.05, 0.1) is 6.04 Å². The number of nitrogens with two attached hydrogens (primary N) is 1. The van der Waals surface area contributed by atoms with Crippen LogP contribution in [0.1, 0.15) is 12.8 Å². The molecule has 1 fully saturated rings. The largest absolute Gasteiger partial charge is 0.477 e. The van der Waals surface area contributed by atoms with E-state index in [0.717, 1.165) is 0 Å². The average molecular weight is 168 g/mol. The van der Waals surface area contributed by atoms with Crippen LogP contribution < -0.4 is 5.73 Å². The molecule has 0 spiro atoms. The maximum Gasteiger partial charge on any atom is 0.354 e. The van der Waals surface area contributed by atoms with Crippen LogP contribution in [-0.4, -0.2) is 27.9 Å². The molecule has 1 unspecified atom stereocenters. The molecule has 2 rings (SSSR count). The van der Waals surface area contributed by atoms with Crippen LogP contribution in [0.2, 0.25) is 0 Å². The molecular weight excluding hydrogens is 160 g/mol. The van der Waals surface area contributed by atoms with Gasteiger partial charge >= 0.3 is 5.97 Å². The summed E-state index contributed by atoms with van der Waals surface area (Å²) in [5.41, 5.74) is 5.77. The monoisotopic (exact) mass is 168 g/mol. The Morgan fingerprint density at radius 1 is 1.58 bits per heavy atom. The molecule has 12 heavy (non-hydrogen) atoms. The van der Waals surface area contributed by atoms with Crippen LogP contribution in [0.4, 0.5) is 0 Å². The Morgan fingerprint density at radius 3 is 2.67 bits per heavy atom. The standard InChI is InChI=1S/C7H8N2O3/c8-4-1-3-2-5(10)9(3)6(4)7(11)12/h3H,1-2,8H2,(H,11,12). The lowest BCUT2D eigenvalue weighted by molar-refractivity contribution is -0.147. The maximum atomic E-state index is 10.9. The molecule has 0 aromatic carbocycles. The van der Waals surface area contributed by atoms with Crippen molar-refractivity contribution in [3.05, 3.63) is 11.4 Å². The van der Waals surface area contributed by atoms with E-state index in [4.69, 9.17) is 10.8 Å². The van der Waals surface area contributed by atoms with E-state index in [0.29, 0.717) is 18.5 Å². The predicted molar refractivity (Wildman–Crippen MR) is 38.7 cm³/mol. The van der Waals surface area contributed by atoms with Gasteiger partial charge in [-0.1, -0.05) is 0 Å². The number of hydrogen-bond acceptors (Lipinski definition) is 3. The van der Waals surface area contributed by atoms with Crippen LogP contribution in [0.3, 0.4) is 0 Å². The van der Waals surface area contributed by atoms with E-state index < -0.39 is 5.97 Å². The first-order valence-corrected chi connectivity index (χ1v) is 3.65. The molecule has 5 heteroatoms.